The Hall–Kier alpha value is -1.02. The average molecular weight is 106 g/mol. The van der Waals surface area contributed by atoms with Gasteiger partial charge in [0.1, 0.15) is 0 Å². The lowest BCUT2D eigenvalue weighted by atomic mass is 10.1. The van der Waals surface area contributed by atoms with Crippen LogP contribution in [0.2, 0.25) is 0 Å². The predicted octanol–water partition coefficient (Wildman–Crippen LogP) is 1.20. The van der Waals surface area contributed by atoms with Crippen molar-refractivity contribution in [2.45, 2.75) is 19.3 Å². The second kappa shape index (κ2) is 1.49. The van der Waals surface area contributed by atoms with Crippen LogP contribution in [0.4, 0.5) is 0 Å². The van der Waals surface area contributed by atoms with E-state index >= 15 is 0 Å². The fourth-order valence-electron chi connectivity index (χ4n) is 0.630. The van der Waals surface area contributed by atoms with Crippen LogP contribution in [0.3, 0.4) is 0 Å². The zero-order valence-electron chi connectivity index (χ0n) is 4.52. The van der Waals surface area contributed by atoms with Crippen LogP contribution in [-0.4, -0.2) is 0 Å². The number of rotatable bonds is 1. The molecule has 40 valence electrons. The summed E-state index contributed by atoms with van der Waals surface area (Å²) in [7, 11) is 0. The largest absolute Gasteiger partial charge is 0.198 e. The number of hydrogen-bond acceptors (Lipinski definition) is 2. The highest BCUT2D eigenvalue weighted by Gasteiger charge is 2.42. The van der Waals surface area contributed by atoms with Crippen molar-refractivity contribution in [3.8, 4) is 12.1 Å². The van der Waals surface area contributed by atoms with Crippen molar-refractivity contribution in [2.24, 2.45) is 5.41 Å². The standard InChI is InChI=1S/C6H6N2/c7-4-3-6(5-8)1-2-6/h1-3H2. The molecule has 0 spiro atoms. The van der Waals surface area contributed by atoms with Gasteiger partial charge in [0.2, 0.25) is 0 Å². The van der Waals surface area contributed by atoms with Crippen LogP contribution in [-0.2, 0) is 0 Å². The van der Waals surface area contributed by atoms with Gasteiger partial charge in [0.25, 0.3) is 0 Å². The van der Waals surface area contributed by atoms with E-state index < -0.39 is 0 Å². The summed E-state index contributed by atoms with van der Waals surface area (Å²) in [5.41, 5.74) is -0.214. The first-order valence-corrected chi connectivity index (χ1v) is 2.61. The monoisotopic (exact) mass is 106 g/mol. The SMILES string of the molecule is N#CCC1(C#N)CC1. The van der Waals surface area contributed by atoms with Gasteiger partial charge in [-0.2, -0.15) is 10.5 Å². The first kappa shape index (κ1) is 5.12. The fourth-order valence-corrected chi connectivity index (χ4v) is 0.630. The van der Waals surface area contributed by atoms with Gasteiger partial charge in [-0.25, -0.2) is 0 Å². The summed E-state index contributed by atoms with van der Waals surface area (Å²) in [6.45, 7) is 0. The molecule has 0 aliphatic heterocycles. The molecule has 8 heavy (non-hydrogen) atoms. The Labute approximate surface area is 48.3 Å². The van der Waals surface area contributed by atoms with Gasteiger partial charge in [-0.1, -0.05) is 0 Å². The molecule has 0 bridgehead atoms. The van der Waals surface area contributed by atoms with Gasteiger partial charge in [-0.3, -0.25) is 0 Å². The van der Waals surface area contributed by atoms with Crippen LogP contribution >= 0.6 is 0 Å². The van der Waals surface area contributed by atoms with E-state index in [2.05, 4.69) is 6.07 Å². The van der Waals surface area contributed by atoms with E-state index in [1.54, 1.807) is 0 Å². The summed E-state index contributed by atoms with van der Waals surface area (Å²) in [5.74, 6) is 0. The lowest BCUT2D eigenvalue weighted by Crippen LogP contribution is -1.91. The first-order chi connectivity index (χ1) is 3.83. The third-order valence-electron chi connectivity index (χ3n) is 1.51. The second-order valence-corrected chi connectivity index (χ2v) is 2.23. The minimum absolute atomic E-state index is 0.214. The van der Waals surface area contributed by atoms with Crippen molar-refractivity contribution in [3.05, 3.63) is 0 Å². The molecule has 2 nitrogen and oxygen atoms in total. The molecule has 0 aromatic carbocycles. The van der Waals surface area contributed by atoms with Crippen molar-refractivity contribution in [2.75, 3.05) is 0 Å². The van der Waals surface area contributed by atoms with Crippen LogP contribution in [0.1, 0.15) is 19.3 Å². The second-order valence-electron chi connectivity index (χ2n) is 2.23. The van der Waals surface area contributed by atoms with E-state index in [0.29, 0.717) is 6.42 Å². The maximum Gasteiger partial charge on any atom is 0.0704 e. The maximum absolute atomic E-state index is 8.39. The highest BCUT2D eigenvalue weighted by molar-refractivity contribution is 5.13. The average Bonchev–Trinajstić information content (AvgIpc) is 2.50. The molecule has 0 amide bonds. The van der Waals surface area contributed by atoms with Crippen LogP contribution in [0.5, 0.6) is 0 Å². The molecule has 0 aromatic heterocycles. The van der Waals surface area contributed by atoms with E-state index in [0.717, 1.165) is 12.8 Å². The lowest BCUT2D eigenvalue weighted by molar-refractivity contribution is 0.692. The lowest BCUT2D eigenvalue weighted by Gasteiger charge is -1.90. The molecule has 1 aliphatic carbocycles. The van der Waals surface area contributed by atoms with Crippen LogP contribution in [0.25, 0.3) is 0 Å². The first-order valence-electron chi connectivity index (χ1n) is 2.61. The van der Waals surface area contributed by atoms with E-state index in [-0.39, 0.29) is 5.41 Å². The molecule has 0 radical (unpaired) electrons. The van der Waals surface area contributed by atoms with Crippen molar-refractivity contribution in [1.29, 1.82) is 10.5 Å². The molecule has 2 heteroatoms. The molecule has 0 N–H and O–H groups in total. The summed E-state index contributed by atoms with van der Waals surface area (Å²) in [5, 5.41) is 16.6. The van der Waals surface area contributed by atoms with Gasteiger partial charge < -0.3 is 0 Å². The molecule has 1 rings (SSSR count). The number of nitriles is 2. The summed E-state index contributed by atoms with van der Waals surface area (Å²) >= 11 is 0. The van der Waals surface area contributed by atoms with Gasteiger partial charge in [-0.15, -0.1) is 0 Å². The van der Waals surface area contributed by atoms with Gasteiger partial charge in [-0.05, 0) is 12.8 Å². The Morgan fingerprint density at radius 1 is 1.38 bits per heavy atom. The highest BCUT2D eigenvalue weighted by Crippen LogP contribution is 2.47. The molecule has 0 saturated heterocycles. The van der Waals surface area contributed by atoms with E-state index in [9.17, 15) is 0 Å². The molecule has 0 heterocycles. The third kappa shape index (κ3) is 0.654. The molecule has 1 fully saturated rings. The number of hydrogen-bond donors (Lipinski definition) is 0. The van der Waals surface area contributed by atoms with E-state index in [1.165, 1.54) is 0 Å². The minimum atomic E-state index is -0.214. The summed E-state index contributed by atoms with van der Waals surface area (Å²) in [6.07, 6.45) is 2.28. The molecule has 0 unspecified atom stereocenters. The molecule has 0 atom stereocenters. The Bertz CT molecular complexity index is 166. The van der Waals surface area contributed by atoms with Crippen molar-refractivity contribution < 1.29 is 0 Å². The van der Waals surface area contributed by atoms with Crippen molar-refractivity contribution >= 4 is 0 Å². The molecule has 1 saturated carbocycles. The van der Waals surface area contributed by atoms with Crippen molar-refractivity contribution in [3.63, 3.8) is 0 Å². The van der Waals surface area contributed by atoms with Crippen LogP contribution < -0.4 is 0 Å². The Morgan fingerprint density at radius 3 is 2.12 bits per heavy atom. The van der Waals surface area contributed by atoms with E-state index in [1.807, 2.05) is 6.07 Å². The summed E-state index contributed by atoms with van der Waals surface area (Å²) < 4.78 is 0. The quantitative estimate of drug-likeness (QED) is 0.504. The number of nitrogens with zero attached hydrogens (tertiary/aromatic N) is 2. The van der Waals surface area contributed by atoms with Gasteiger partial charge >= 0.3 is 0 Å². The van der Waals surface area contributed by atoms with Gasteiger partial charge in [0, 0.05) is 0 Å². The Kier molecular flexibility index (Phi) is 0.954. The summed E-state index contributed by atoms with van der Waals surface area (Å²) in [4.78, 5) is 0. The smallest absolute Gasteiger partial charge is 0.0704 e. The van der Waals surface area contributed by atoms with Gasteiger partial charge in [0.05, 0.1) is 24.0 Å². The van der Waals surface area contributed by atoms with Crippen molar-refractivity contribution in [1.82, 2.24) is 0 Å². The zero-order chi connectivity index (χ0) is 6.04. The molecular weight excluding hydrogens is 100 g/mol. The Morgan fingerprint density at radius 2 is 2.00 bits per heavy atom. The summed E-state index contributed by atoms with van der Waals surface area (Å²) in [6, 6.07) is 4.13. The third-order valence-corrected chi connectivity index (χ3v) is 1.51. The fraction of sp³-hybridized carbons (Fsp3) is 0.667. The molecule has 1 aliphatic rings. The molecular formula is C6H6N2. The van der Waals surface area contributed by atoms with Gasteiger partial charge in [0.15, 0.2) is 0 Å². The highest BCUT2D eigenvalue weighted by atomic mass is 14.5. The van der Waals surface area contributed by atoms with Crippen LogP contribution in [0, 0.1) is 28.1 Å². The van der Waals surface area contributed by atoms with Crippen LogP contribution in [0.15, 0.2) is 0 Å². The zero-order valence-corrected chi connectivity index (χ0v) is 4.52. The topological polar surface area (TPSA) is 47.6 Å². The van der Waals surface area contributed by atoms with E-state index in [4.69, 9.17) is 10.5 Å². The normalized spacial score (nSPS) is 20.8. The molecule has 0 aromatic rings. The predicted molar refractivity (Wildman–Crippen MR) is 27.5 cm³/mol. The minimum Gasteiger partial charge on any atom is -0.198 e. The Balaban J connectivity index is 2.48. The maximum atomic E-state index is 8.39.